The van der Waals surface area contributed by atoms with Crippen LogP contribution in [-0.4, -0.2) is 16.2 Å². The lowest BCUT2D eigenvalue weighted by molar-refractivity contribution is 0.154. The SMILES string of the molecule is Oc1cncc(OC2CCCCC2)c1. The predicted molar refractivity (Wildman–Crippen MR) is 53.4 cm³/mol. The van der Waals surface area contributed by atoms with E-state index in [0.717, 1.165) is 12.8 Å². The third kappa shape index (κ3) is 2.37. The van der Waals surface area contributed by atoms with Crippen molar-refractivity contribution >= 4 is 0 Å². The molecule has 14 heavy (non-hydrogen) atoms. The first-order valence-corrected chi connectivity index (χ1v) is 5.15. The van der Waals surface area contributed by atoms with Crippen molar-refractivity contribution in [3.05, 3.63) is 18.5 Å². The fraction of sp³-hybridized carbons (Fsp3) is 0.545. The molecular weight excluding hydrogens is 178 g/mol. The summed E-state index contributed by atoms with van der Waals surface area (Å²) in [5.74, 6) is 0.843. The Morgan fingerprint density at radius 3 is 2.71 bits per heavy atom. The number of nitrogens with zero attached hydrogens (tertiary/aromatic N) is 1. The van der Waals surface area contributed by atoms with Gasteiger partial charge >= 0.3 is 0 Å². The molecule has 1 aliphatic carbocycles. The van der Waals surface area contributed by atoms with E-state index >= 15 is 0 Å². The summed E-state index contributed by atoms with van der Waals surface area (Å²) in [6, 6.07) is 1.61. The van der Waals surface area contributed by atoms with Crippen LogP contribution in [0.3, 0.4) is 0 Å². The van der Waals surface area contributed by atoms with Gasteiger partial charge in [0.2, 0.25) is 0 Å². The molecule has 1 N–H and O–H groups in total. The summed E-state index contributed by atoms with van der Waals surface area (Å²) >= 11 is 0. The van der Waals surface area contributed by atoms with Crippen molar-refractivity contribution in [3.8, 4) is 11.5 Å². The van der Waals surface area contributed by atoms with E-state index in [-0.39, 0.29) is 5.75 Å². The summed E-state index contributed by atoms with van der Waals surface area (Å²) < 4.78 is 5.71. The smallest absolute Gasteiger partial charge is 0.141 e. The number of aromatic hydroxyl groups is 1. The lowest BCUT2D eigenvalue weighted by Gasteiger charge is -2.22. The first-order valence-electron chi connectivity index (χ1n) is 5.15. The van der Waals surface area contributed by atoms with Gasteiger partial charge in [0, 0.05) is 6.07 Å². The molecule has 1 heterocycles. The van der Waals surface area contributed by atoms with E-state index in [0.29, 0.717) is 11.9 Å². The van der Waals surface area contributed by atoms with Crippen molar-refractivity contribution < 1.29 is 9.84 Å². The molecule has 1 aliphatic rings. The van der Waals surface area contributed by atoms with Crippen LogP contribution >= 0.6 is 0 Å². The van der Waals surface area contributed by atoms with Crippen LogP contribution in [0.25, 0.3) is 0 Å². The highest BCUT2D eigenvalue weighted by Gasteiger charge is 2.14. The minimum absolute atomic E-state index is 0.165. The number of aromatic nitrogens is 1. The molecule has 1 saturated carbocycles. The van der Waals surface area contributed by atoms with Crippen molar-refractivity contribution in [2.45, 2.75) is 38.2 Å². The van der Waals surface area contributed by atoms with Gasteiger partial charge in [-0.25, -0.2) is 0 Å². The summed E-state index contributed by atoms with van der Waals surface area (Å²) in [7, 11) is 0. The van der Waals surface area contributed by atoms with Crippen molar-refractivity contribution in [1.82, 2.24) is 4.98 Å². The molecule has 2 rings (SSSR count). The second kappa shape index (κ2) is 4.31. The van der Waals surface area contributed by atoms with Crippen LogP contribution in [0.1, 0.15) is 32.1 Å². The molecule has 1 aromatic heterocycles. The summed E-state index contributed by atoms with van der Waals surface area (Å²) in [6.07, 6.45) is 9.42. The van der Waals surface area contributed by atoms with E-state index in [1.807, 2.05) is 0 Å². The summed E-state index contributed by atoms with van der Waals surface area (Å²) in [4.78, 5) is 3.87. The standard InChI is InChI=1S/C11H15NO2/c13-9-6-11(8-12-7-9)14-10-4-2-1-3-5-10/h6-8,10,13H,1-5H2. The lowest BCUT2D eigenvalue weighted by atomic mass is 9.98. The van der Waals surface area contributed by atoms with Crippen molar-refractivity contribution in [2.24, 2.45) is 0 Å². The normalized spacial score (nSPS) is 18.0. The van der Waals surface area contributed by atoms with Crippen LogP contribution in [-0.2, 0) is 0 Å². The van der Waals surface area contributed by atoms with Gasteiger partial charge in [-0.3, -0.25) is 4.98 Å². The second-order valence-corrected chi connectivity index (χ2v) is 3.76. The Kier molecular flexibility index (Phi) is 2.87. The first kappa shape index (κ1) is 9.31. The van der Waals surface area contributed by atoms with E-state index in [1.54, 1.807) is 12.3 Å². The number of hydrogen-bond acceptors (Lipinski definition) is 3. The molecule has 0 aliphatic heterocycles. The Balaban J connectivity index is 1.95. The van der Waals surface area contributed by atoms with Crippen LogP contribution in [0.4, 0.5) is 0 Å². The molecule has 0 amide bonds. The fourth-order valence-corrected chi connectivity index (χ4v) is 1.85. The molecule has 0 atom stereocenters. The molecular formula is C11H15NO2. The van der Waals surface area contributed by atoms with Gasteiger partial charge < -0.3 is 9.84 Å². The van der Waals surface area contributed by atoms with E-state index in [2.05, 4.69) is 4.98 Å². The first-order chi connectivity index (χ1) is 6.84. The Labute approximate surface area is 83.7 Å². The molecule has 76 valence electrons. The highest BCUT2D eigenvalue weighted by Crippen LogP contribution is 2.24. The van der Waals surface area contributed by atoms with Gasteiger partial charge in [0.15, 0.2) is 0 Å². The minimum atomic E-state index is 0.165. The van der Waals surface area contributed by atoms with E-state index in [1.165, 1.54) is 25.5 Å². The summed E-state index contributed by atoms with van der Waals surface area (Å²) in [5.41, 5.74) is 0. The van der Waals surface area contributed by atoms with Crippen molar-refractivity contribution in [2.75, 3.05) is 0 Å². The zero-order chi connectivity index (χ0) is 9.80. The largest absolute Gasteiger partial charge is 0.506 e. The topological polar surface area (TPSA) is 42.4 Å². The average Bonchev–Trinajstić information content (AvgIpc) is 2.19. The maximum Gasteiger partial charge on any atom is 0.141 e. The maximum absolute atomic E-state index is 9.20. The molecule has 0 aromatic carbocycles. The molecule has 0 unspecified atom stereocenters. The predicted octanol–water partition coefficient (Wildman–Crippen LogP) is 2.50. The van der Waals surface area contributed by atoms with Gasteiger partial charge in [0.25, 0.3) is 0 Å². The quantitative estimate of drug-likeness (QED) is 0.784. The van der Waals surface area contributed by atoms with Gasteiger partial charge in [-0.15, -0.1) is 0 Å². The highest BCUT2D eigenvalue weighted by molar-refractivity contribution is 5.27. The number of ether oxygens (including phenoxy) is 1. The zero-order valence-corrected chi connectivity index (χ0v) is 8.15. The molecule has 1 aromatic rings. The molecule has 0 radical (unpaired) electrons. The highest BCUT2D eigenvalue weighted by atomic mass is 16.5. The van der Waals surface area contributed by atoms with Crippen molar-refractivity contribution in [3.63, 3.8) is 0 Å². The Morgan fingerprint density at radius 2 is 2.00 bits per heavy atom. The average molecular weight is 193 g/mol. The van der Waals surface area contributed by atoms with Gasteiger partial charge in [-0.2, -0.15) is 0 Å². The van der Waals surface area contributed by atoms with Gasteiger partial charge in [-0.1, -0.05) is 6.42 Å². The Morgan fingerprint density at radius 1 is 1.21 bits per heavy atom. The van der Waals surface area contributed by atoms with E-state index in [4.69, 9.17) is 4.74 Å². The third-order valence-electron chi connectivity index (χ3n) is 2.55. The lowest BCUT2D eigenvalue weighted by Crippen LogP contribution is -2.19. The maximum atomic E-state index is 9.20. The van der Waals surface area contributed by atoms with Crippen LogP contribution in [0.15, 0.2) is 18.5 Å². The van der Waals surface area contributed by atoms with Crippen LogP contribution in [0.5, 0.6) is 11.5 Å². The molecule has 0 saturated heterocycles. The monoisotopic (exact) mass is 193 g/mol. The second-order valence-electron chi connectivity index (χ2n) is 3.76. The Hall–Kier alpha value is -1.25. The zero-order valence-electron chi connectivity index (χ0n) is 8.15. The number of hydrogen-bond donors (Lipinski definition) is 1. The van der Waals surface area contributed by atoms with Gasteiger partial charge in [0.1, 0.15) is 11.5 Å². The molecule has 0 spiro atoms. The number of pyridine rings is 1. The molecule has 0 bridgehead atoms. The van der Waals surface area contributed by atoms with Crippen LogP contribution in [0, 0.1) is 0 Å². The molecule has 3 heteroatoms. The number of rotatable bonds is 2. The van der Waals surface area contributed by atoms with Crippen molar-refractivity contribution in [1.29, 1.82) is 0 Å². The fourth-order valence-electron chi connectivity index (χ4n) is 1.85. The third-order valence-corrected chi connectivity index (χ3v) is 2.55. The van der Waals surface area contributed by atoms with Crippen LogP contribution in [0.2, 0.25) is 0 Å². The molecule has 3 nitrogen and oxygen atoms in total. The van der Waals surface area contributed by atoms with Crippen LogP contribution < -0.4 is 4.74 Å². The van der Waals surface area contributed by atoms with E-state index in [9.17, 15) is 5.11 Å². The molecule has 1 fully saturated rings. The minimum Gasteiger partial charge on any atom is -0.506 e. The van der Waals surface area contributed by atoms with Gasteiger partial charge in [-0.05, 0) is 25.7 Å². The van der Waals surface area contributed by atoms with Gasteiger partial charge in [0.05, 0.1) is 18.5 Å². The summed E-state index contributed by atoms with van der Waals surface area (Å²) in [6.45, 7) is 0. The Bertz CT molecular complexity index is 295. The van der Waals surface area contributed by atoms with E-state index < -0.39 is 0 Å². The summed E-state index contributed by atoms with van der Waals surface area (Å²) in [5, 5.41) is 9.20.